The molecule has 2 N–H and O–H groups in total. The quantitative estimate of drug-likeness (QED) is 0.853. The maximum absolute atomic E-state index is 12.0. The van der Waals surface area contributed by atoms with Crippen molar-refractivity contribution in [3.8, 4) is 0 Å². The molecule has 0 radical (unpaired) electrons. The molecule has 1 saturated heterocycles. The van der Waals surface area contributed by atoms with Gasteiger partial charge in [-0.15, -0.1) is 0 Å². The summed E-state index contributed by atoms with van der Waals surface area (Å²) in [5.41, 5.74) is 1.14. The summed E-state index contributed by atoms with van der Waals surface area (Å²) in [6.07, 6.45) is 1.39. The Morgan fingerprint density at radius 1 is 1.47 bits per heavy atom. The van der Waals surface area contributed by atoms with Gasteiger partial charge in [-0.25, -0.2) is 0 Å². The number of benzene rings is 1. The second-order valence-electron chi connectivity index (χ2n) is 5.45. The van der Waals surface area contributed by atoms with Crippen molar-refractivity contribution < 1.29 is 9.90 Å². The highest BCUT2D eigenvalue weighted by atomic mass is 16.3. The standard InChI is InChI=1S/C15H22N2O2/c1-12-5-3-6-13(9-12)10-16-11-15(19)7-4-8-17(2)14(15)18/h3,5-6,9,16,19H,4,7-8,10-11H2,1-2H3. The number of hydrogen-bond acceptors (Lipinski definition) is 3. The van der Waals surface area contributed by atoms with E-state index in [0.29, 0.717) is 19.5 Å². The summed E-state index contributed by atoms with van der Waals surface area (Å²) in [7, 11) is 1.74. The summed E-state index contributed by atoms with van der Waals surface area (Å²) in [5.74, 6) is -0.171. The van der Waals surface area contributed by atoms with Gasteiger partial charge in [0.1, 0.15) is 0 Å². The van der Waals surface area contributed by atoms with E-state index in [0.717, 1.165) is 13.0 Å². The first kappa shape index (κ1) is 14.0. The zero-order valence-corrected chi connectivity index (χ0v) is 11.6. The van der Waals surface area contributed by atoms with Crippen LogP contribution in [-0.2, 0) is 11.3 Å². The molecule has 1 unspecified atom stereocenters. The van der Waals surface area contributed by atoms with E-state index in [1.54, 1.807) is 11.9 Å². The lowest BCUT2D eigenvalue weighted by Gasteiger charge is -2.36. The van der Waals surface area contributed by atoms with Crippen molar-refractivity contribution in [3.63, 3.8) is 0 Å². The molecule has 104 valence electrons. The fourth-order valence-electron chi connectivity index (χ4n) is 2.57. The van der Waals surface area contributed by atoms with Gasteiger partial charge in [0, 0.05) is 26.7 Å². The summed E-state index contributed by atoms with van der Waals surface area (Å²) < 4.78 is 0. The third-order valence-electron chi connectivity index (χ3n) is 3.66. The minimum atomic E-state index is -1.24. The molecule has 1 aromatic rings. The van der Waals surface area contributed by atoms with Gasteiger partial charge in [-0.05, 0) is 25.3 Å². The number of piperidine rings is 1. The second-order valence-corrected chi connectivity index (χ2v) is 5.45. The van der Waals surface area contributed by atoms with Crippen molar-refractivity contribution in [2.45, 2.75) is 31.9 Å². The molecule has 19 heavy (non-hydrogen) atoms. The molecule has 1 amide bonds. The van der Waals surface area contributed by atoms with Gasteiger partial charge in [0.15, 0.2) is 5.60 Å². The number of nitrogens with zero attached hydrogens (tertiary/aromatic N) is 1. The second kappa shape index (κ2) is 5.72. The van der Waals surface area contributed by atoms with Crippen molar-refractivity contribution in [2.75, 3.05) is 20.1 Å². The topological polar surface area (TPSA) is 52.6 Å². The van der Waals surface area contributed by atoms with E-state index in [9.17, 15) is 9.90 Å². The van der Waals surface area contributed by atoms with Crippen LogP contribution < -0.4 is 5.32 Å². The van der Waals surface area contributed by atoms with Gasteiger partial charge in [0.2, 0.25) is 0 Å². The molecule has 0 aromatic heterocycles. The lowest BCUT2D eigenvalue weighted by Crippen LogP contribution is -2.56. The summed E-state index contributed by atoms with van der Waals surface area (Å²) in [6.45, 7) is 3.76. The van der Waals surface area contributed by atoms with Crippen LogP contribution in [0.5, 0.6) is 0 Å². The Kier molecular flexibility index (Phi) is 4.22. The van der Waals surface area contributed by atoms with Crippen LogP contribution in [0.25, 0.3) is 0 Å². The first-order valence-corrected chi connectivity index (χ1v) is 6.75. The first-order chi connectivity index (χ1) is 9.01. The number of nitrogens with one attached hydrogen (secondary N) is 1. The van der Waals surface area contributed by atoms with Gasteiger partial charge in [-0.3, -0.25) is 4.79 Å². The van der Waals surface area contributed by atoms with Crippen molar-refractivity contribution in [2.24, 2.45) is 0 Å². The fourth-order valence-corrected chi connectivity index (χ4v) is 2.57. The predicted molar refractivity (Wildman–Crippen MR) is 74.7 cm³/mol. The molecule has 0 spiro atoms. The molecule has 1 aliphatic rings. The molecule has 1 atom stereocenters. The summed E-state index contributed by atoms with van der Waals surface area (Å²) in [6, 6.07) is 8.21. The molecule has 1 heterocycles. The molecule has 0 aliphatic carbocycles. The minimum absolute atomic E-state index is 0.171. The van der Waals surface area contributed by atoms with Crippen molar-refractivity contribution in [1.82, 2.24) is 10.2 Å². The Hall–Kier alpha value is -1.39. The highest BCUT2D eigenvalue weighted by Crippen LogP contribution is 2.21. The van der Waals surface area contributed by atoms with Crippen molar-refractivity contribution >= 4 is 5.91 Å². The van der Waals surface area contributed by atoms with Crippen LogP contribution in [0.3, 0.4) is 0 Å². The molecule has 1 aliphatic heterocycles. The van der Waals surface area contributed by atoms with E-state index in [1.807, 2.05) is 12.1 Å². The molecule has 2 rings (SSSR count). The lowest BCUT2D eigenvalue weighted by atomic mass is 9.92. The normalized spacial score (nSPS) is 23.7. The first-order valence-electron chi connectivity index (χ1n) is 6.75. The Morgan fingerprint density at radius 2 is 2.26 bits per heavy atom. The number of likely N-dealkylation sites (tertiary alicyclic amines) is 1. The third kappa shape index (κ3) is 3.33. The van der Waals surface area contributed by atoms with Gasteiger partial charge in [-0.1, -0.05) is 29.8 Å². The molecule has 4 nitrogen and oxygen atoms in total. The minimum Gasteiger partial charge on any atom is -0.379 e. The molecule has 0 saturated carbocycles. The number of amides is 1. The van der Waals surface area contributed by atoms with Crippen molar-refractivity contribution in [1.29, 1.82) is 0 Å². The monoisotopic (exact) mass is 262 g/mol. The van der Waals surface area contributed by atoms with Gasteiger partial charge < -0.3 is 15.3 Å². The number of likely N-dealkylation sites (N-methyl/N-ethyl adjacent to an activating group) is 1. The summed E-state index contributed by atoms with van der Waals surface area (Å²) in [4.78, 5) is 13.6. The molecule has 0 bridgehead atoms. The van der Waals surface area contributed by atoms with Crippen LogP contribution in [0, 0.1) is 6.92 Å². The van der Waals surface area contributed by atoms with Gasteiger partial charge in [0.25, 0.3) is 5.91 Å². The third-order valence-corrected chi connectivity index (χ3v) is 3.66. The van der Waals surface area contributed by atoms with Gasteiger partial charge in [-0.2, -0.15) is 0 Å². The average molecular weight is 262 g/mol. The van der Waals surface area contributed by atoms with E-state index < -0.39 is 5.60 Å². The van der Waals surface area contributed by atoms with Crippen LogP contribution >= 0.6 is 0 Å². The molecule has 1 aromatic carbocycles. The van der Waals surface area contributed by atoms with Crippen LogP contribution in [0.2, 0.25) is 0 Å². The van der Waals surface area contributed by atoms with E-state index >= 15 is 0 Å². The molecular weight excluding hydrogens is 240 g/mol. The Labute approximate surface area is 114 Å². The van der Waals surface area contributed by atoms with E-state index in [1.165, 1.54) is 11.1 Å². The molecular formula is C15H22N2O2. The van der Waals surface area contributed by atoms with Gasteiger partial charge >= 0.3 is 0 Å². The van der Waals surface area contributed by atoms with Gasteiger partial charge in [0.05, 0.1) is 0 Å². The highest BCUT2D eigenvalue weighted by molar-refractivity contribution is 5.85. The van der Waals surface area contributed by atoms with Crippen LogP contribution in [0.15, 0.2) is 24.3 Å². The largest absolute Gasteiger partial charge is 0.379 e. The zero-order valence-electron chi connectivity index (χ0n) is 11.6. The van der Waals surface area contributed by atoms with E-state index in [-0.39, 0.29) is 5.91 Å². The van der Waals surface area contributed by atoms with Crippen LogP contribution in [0.1, 0.15) is 24.0 Å². The maximum atomic E-state index is 12.0. The number of hydrogen-bond donors (Lipinski definition) is 2. The number of aryl methyl sites for hydroxylation is 1. The summed E-state index contributed by atoms with van der Waals surface area (Å²) >= 11 is 0. The number of aliphatic hydroxyl groups is 1. The highest BCUT2D eigenvalue weighted by Gasteiger charge is 2.40. The summed E-state index contributed by atoms with van der Waals surface area (Å²) in [5, 5.41) is 13.6. The van der Waals surface area contributed by atoms with Crippen LogP contribution in [-0.4, -0.2) is 41.7 Å². The Morgan fingerprint density at radius 3 is 3.00 bits per heavy atom. The smallest absolute Gasteiger partial charge is 0.255 e. The molecule has 1 fully saturated rings. The maximum Gasteiger partial charge on any atom is 0.255 e. The van der Waals surface area contributed by atoms with Crippen molar-refractivity contribution in [3.05, 3.63) is 35.4 Å². The predicted octanol–water partition coefficient (Wildman–Crippen LogP) is 1.07. The Balaban J connectivity index is 1.89. The number of rotatable bonds is 4. The van der Waals surface area contributed by atoms with E-state index in [4.69, 9.17) is 0 Å². The Bertz CT molecular complexity index is 461. The fraction of sp³-hybridized carbons (Fsp3) is 0.533. The SMILES string of the molecule is Cc1cccc(CNCC2(O)CCCN(C)C2=O)c1. The average Bonchev–Trinajstić information content (AvgIpc) is 2.36. The number of carbonyl (C=O) groups excluding carboxylic acids is 1. The number of carbonyl (C=O) groups is 1. The van der Waals surface area contributed by atoms with Crippen LogP contribution in [0.4, 0.5) is 0 Å². The zero-order chi connectivity index (χ0) is 13.9. The lowest BCUT2D eigenvalue weighted by molar-refractivity contribution is -0.154. The van der Waals surface area contributed by atoms with E-state index in [2.05, 4.69) is 24.4 Å². The molecule has 4 heteroatoms.